The van der Waals surface area contributed by atoms with E-state index in [2.05, 4.69) is 15.6 Å². The highest BCUT2D eigenvalue weighted by Gasteiger charge is 2.09. The Balaban J connectivity index is 1.63. The second-order valence-corrected chi connectivity index (χ2v) is 6.23. The summed E-state index contributed by atoms with van der Waals surface area (Å²) in [5.74, 6) is 0.771. The van der Waals surface area contributed by atoms with E-state index < -0.39 is 11.9 Å². The van der Waals surface area contributed by atoms with E-state index in [1.165, 1.54) is 19.4 Å². The van der Waals surface area contributed by atoms with Gasteiger partial charge in [-0.2, -0.15) is 0 Å². The third-order valence-electron chi connectivity index (χ3n) is 3.74. The maximum Gasteiger partial charge on any atom is 0.323 e. The van der Waals surface area contributed by atoms with Gasteiger partial charge in [0.05, 0.1) is 12.8 Å². The molecule has 0 aliphatic carbocycles. The fourth-order valence-corrected chi connectivity index (χ4v) is 2.59. The first-order chi connectivity index (χ1) is 13.9. The molecule has 0 atom stereocenters. The summed E-state index contributed by atoms with van der Waals surface area (Å²) in [6, 6.07) is 14.2. The minimum Gasteiger partial charge on any atom is -0.495 e. The van der Waals surface area contributed by atoms with Crippen molar-refractivity contribution >= 4 is 34.9 Å². The van der Waals surface area contributed by atoms with Gasteiger partial charge in [-0.15, -0.1) is 0 Å². The molecule has 0 saturated heterocycles. The number of pyridine rings is 1. The molecule has 4 N–H and O–H groups in total. The average Bonchev–Trinajstić information content (AvgIpc) is 2.70. The number of amides is 3. The Morgan fingerprint density at radius 1 is 1.00 bits per heavy atom. The summed E-state index contributed by atoms with van der Waals surface area (Å²) < 4.78 is 10.9. The van der Waals surface area contributed by atoms with Gasteiger partial charge in [-0.05, 0) is 48.5 Å². The van der Waals surface area contributed by atoms with Crippen molar-refractivity contribution in [1.82, 2.24) is 4.98 Å². The van der Waals surface area contributed by atoms with E-state index in [-0.39, 0.29) is 5.69 Å². The van der Waals surface area contributed by atoms with Crippen LogP contribution in [0.4, 0.5) is 16.2 Å². The van der Waals surface area contributed by atoms with E-state index in [4.69, 9.17) is 26.8 Å². The predicted molar refractivity (Wildman–Crippen MR) is 110 cm³/mol. The molecule has 2 aromatic carbocycles. The van der Waals surface area contributed by atoms with Gasteiger partial charge in [0.2, 0.25) is 0 Å². The lowest BCUT2D eigenvalue weighted by molar-refractivity contribution is 0.0995. The van der Waals surface area contributed by atoms with Gasteiger partial charge in [-0.1, -0.05) is 11.6 Å². The topological polar surface area (TPSA) is 116 Å². The zero-order valence-electron chi connectivity index (χ0n) is 15.3. The Morgan fingerprint density at radius 3 is 2.45 bits per heavy atom. The highest BCUT2D eigenvalue weighted by atomic mass is 35.5. The van der Waals surface area contributed by atoms with Gasteiger partial charge in [0, 0.05) is 23.0 Å². The molecule has 3 aromatic rings. The molecule has 148 valence electrons. The lowest BCUT2D eigenvalue weighted by atomic mass is 10.3. The van der Waals surface area contributed by atoms with E-state index in [1.807, 2.05) is 0 Å². The van der Waals surface area contributed by atoms with E-state index in [9.17, 15) is 9.59 Å². The standard InChI is InChI=1S/C20H17ClN4O4/c1-28-18-7-2-12(21)10-16(18)25-20(27)24-13-3-5-14(6-4-13)29-15-8-9-23-17(11-15)19(22)26/h2-11H,1H3,(H2,22,26)(H2,24,25,27). The number of ether oxygens (including phenoxy) is 2. The van der Waals surface area contributed by atoms with Crippen LogP contribution in [0.1, 0.15) is 10.5 Å². The molecule has 0 radical (unpaired) electrons. The average molecular weight is 413 g/mol. The van der Waals surface area contributed by atoms with Crippen LogP contribution in [0.2, 0.25) is 5.02 Å². The minimum absolute atomic E-state index is 0.105. The number of methoxy groups -OCH3 is 1. The molecular formula is C20H17ClN4O4. The second-order valence-electron chi connectivity index (χ2n) is 5.79. The molecule has 1 aromatic heterocycles. The summed E-state index contributed by atoms with van der Waals surface area (Å²) in [5, 5.41) is 5.85. The number of halogens is 1. The zero-order valence-corrected chi connectivity index (χ0v) is 16.1. The van der Waals surface area contributed by atoms with Crippen LogP contribution >= 0.6 is 11.6 Å². The van der Waals surface area contributed by atoms with Gasteiger partial charge in [-0.3, -0.25) is 9.78 Å². The molecule has 8 nitrogen and oxygen atoms in total. The summed E-state index contributed by atoms with van der Waals surface area (Å²) in [7, 11) is 1.50. The van der Waals surface area contributed by atoms with Crippen LogP contribution in [0.3, 0.4) is 0 Å². The Morgan fingerprint density at radius 2 is 1.76 bits per heavy atom. The van der Waals surface area contributed by atoms with Crippen molar-refractivity contribution in [3.05, 3.63) is 71.5 Å². The van der Waals surface area contributed by atoms with E-state index in [0.29, 0.717) is 33.6 Å². The third kappa shape index (κ3) is 5.36. The Hall–Kier alpha value is -3.78. The van der Waals surface area contributed by atoms with E-state index in [1.54, 1.807) is 48.5 Å². The number of hydrogen-bond acceptors (Lipinski definition) is 5. The first-order valence-corrected chi connectivity index (χ1v) is 8.78. The number of anilines is 2. The van der Waals surface area contributed by atoms with Crippen LogP contribution in [-0.2, 0) is 0 Å². The molecule has 9 heteroatoms. The quantitative estimate of drug-likeness (QED) is 0.558. The molecule has 0 aliphatic rings. The van der Waals surface area contributed by atoms with Gasteiger partial charge in [0.25, 0.3) is 5.91 Å². The predicted octanol–water partition coefficient (Wildman–Crippen LogP) is 4.28. The summed E-state index contributed by atoms with van der Waals surface area (Å²) in [6.07, 6.45) is 1.43. The maximum absolute atomic E-state index is 12.2. The van der Waals surface area contributed by atoms with Crippen LogP contribution in [0.25, 0.3) is 0 Å². The van der Waals surface area contributed by atoms with Crippen molar-refractivity contribution in [3.8, 4) is 17.2 Å². The van der Waals surface area contributed by atoms with Gasteiger partial charge in [0.15, 0.2) is 0 Å². The van der Waals surface area contributed by atoms with Gasteiger partial charge < -0.3 is 25.8 Å². The molecule has 0 spiro atoms. The van der Waals surface area contributed by atoms with Crippen LogP contribution in [-0.4, -0.2) is 24.0 Å². The summed E-state index contributed by atoms with van der Waals surface area (Å²) in [6.45, 7) is 0. The van der Waals surface area contributed by atoms with Crippen LogP contribution in [0.5, 0.6) is 17.2 Å². The van der Waals surface area contributed by atoms with Crippen molar-refractivity contribution in [3.63, 3.8) is 0 Å². The molecule has 1 heterocycles. The molecule has 0 bridgehead atoms. The SMILES string of the molecule is COc1ccc(Cl)cc1NC(=O)Nc1ccc(Oc2ccnc(C(N)=O)c2)cc1. The first-order valence-electron chi connectivity index (χ1n) is 8.40. The fourth-order valence-electron chi connectivity index (χ4n) is 2.41. The number of aromatic nitrogens is 1. The Labute approximate surface area is 171 Å². The molecule has 3 rings (SSSR count). The van der Waals surface area contributed by atoms with Crippen LogP contribution < -0.4 is 25.8 Å². The number of carbonyl (C=O) groups is 2. The molecule has 3 amide bonds. The number of hydrogen-bond donors (Lipinski definition) is 3. The summed E-state index contributed by atoms with van der Waals surface area (Å²) in [5.41, 5.74) is 6.30. The number of rotatable bonds is 6. The zero-order chi connectivity index (χ0) is 20.8. The minimum atomic E-state index is -0.641. The molecule has 0 aliphatic heterocycles. The number of primary amides is 1. The van der Waals surface area contributed by atoms with Crippen molar-refractivity contribution in [2.24, 2.45) is 5.73 Å². The fraction of sp³-hybridized carbons (Fsp3) is 0.0500. The van der Waals surface area contributed by atoms with Gasteiger partial charge >= 0.3 is 6.03 Å². The van der Waals surface area contributed by atoms with E-state index >= 15 is 0 Å². The van der Waals surface area contributed by atoms with Gasteiger partial charge in [0.1, 0.15) is 22.9 Å². The lowest BCUT2D eigenvalue weighted by Gasteiger charge is -2.12. The molecule has 0 unspecified atom stereocenters. The number of nitrogens with two attached hydrogens (primary N) is 1. The highest BCUT2D eigenvalue weighted by Crippen LogP contribution is 2.28. The lowest BCUT2D eigenvalue weighted by Crippen LogP contribution is -2.19. The number of nitrogens with zero attached hydrogens (tertiary/aromatic N) is 1. The summed E-state index contributed by atoms with van der Waals surface area (Å²) in [4.78, 5) is 27.3. The van der Waals surface area contributed by atoms with E-state index in [0.717, 1.165) is 0 Å². The van der Waals surface area contributed by atoms with Crippen molar-refractivity contribution in [2.45, 2.75) is 0 Å². The van der Waals surface area contributed by atoms with Crippen LogP contribution in [0.15, 0.2) is 60.8 Å². The molecule has 29 heavy (non-hydrogen) atoms. The van der Waals surface area contributed by atoms with Crippen LogP contribution in [0, 0.1) is 0 Å². The summed E-state index contributed by atoms with van der Waals surface area (Å²) >= 11 is 5.96. The number of nitrogens with one attached hydrogen (secondary N) is 2. The third-order valence-corrected chi connectivity index (χ3v) is 3.98. The maximum atomic E-state index is 12.2. The smallest absolute Gasteiger partial charge is 0.323 e. The Kier molecular flexibility index (Phi) is 6.16. The Bertz CT molecular complexity index is 1040. The highest BCUT2D eigenvalue weighted by molar-refractivity contribution is 6.31. The number of carbonyl (C=O) groups excluding carboxylic acids is 2. The van der Waals surface area contributed by atoms with Gasteiger partial charge in [-0.25, -0.2) is 4.79 Å². The number of benzene rings is 2. The monoisotopic (exact) mass is 412 g/mol. The normalized spacial score (nSPS) is 10.1. The van der Waals surface area contributed by atoms with Crippen molar-refractivity contribution in [2.75, 3.05) is 17.7 Å². The molecular weight excluding hydrogens is 396 g/mol. The molecule has 0 saturated carbocycles. The van der Waals surface area contributed by atoms with Crippen molar-refractivity contribution < 1.29 is 19.1 Å². The first kappa shape index (κ1) is 20.0. The second kappa shape index (κ2) is 8.94. The molecule has 0 fully saturated rings. The number of urea groups is 1. The van der Waals surface area contributed by atoms with Crippen molar-refractivity contribution in [1.29, 1.82) is 0 Å². The largest absolute Gasteiger partial charge is 0.495 e.